The largest absolute Gasteiger partial charge is 0.496 e. The van der Waals surface area contributed by atoms with Gasteiger partial charge in [-0.1, -0.05) is 15.9 Å². The van der Waals surface area contributed by atoms with Crippen molar-refractivity contribution in [3.8, 4) is 5.75 Å². The molecule has 0 spiro atoms. The summed E-state index contributed by atoms with van der Waals surface area (Å²) in [5.41, 5.74) is 6.50. The monoisotopic (exact) mass is 296 g/mol. The minimum absolute atomic E-state index is 0.350. The van der Waals surface area contributed by atoms with Crippen molar-refractivity contribution >= 4 is 15.9 Å². The van der Waals surface area contributed by atoms with Crippen molar-refractivity contribution in [1.29, 1.82) is 0 Å². The number of ether oxygens (including phenoxy) is 1. The molecule has 2 N–H and O–H groups in total. The van der Waals surface area contributed by atoms with Gasteiger partial charge < -0.3 is 10.5 Å². The summed E-state index contributed by atoms with van der Waals surface area (Å²) in [6, 6.07) is 5.86. The fraction of sp³-hybridized carbons (Fsp3) is 0.273. The van der Waals surface area contributed by atoms with Crippen LogP contribution < -0.4 is 10.5 Å². The molecule has 0 saturated heterocycles. The SMILES string of the molecule is COc1ccc(Br)cc1Cn1cnc(CN)n1. The Morgan fingerprint density at radius 2 is 2.29 bits per heavy atom. The molecule has 1 aromatic carbocycles. The van der Waals surface area contributed by atoms with Gasteiger partial charge in [0.1, 0.15) is 12.1 Å². The van der Waals surface area contributed by atoms with Gasteiger partial charge in [-0.25, -0.2) is 9.67 Å². The Kier molecular flexibility index (Phi) is 3.75. The van der Waals surface area contributed by atoms with E-state index in [4.69, 9.17) is 10.5 Å². The normalized spacial score (nSPS) is 10.5. The summed E-state index contributed by atoms with van der Waals surface area (Å²) in [7, 11) is 1.65. The molecule has 17 heavy (non-hydrogen) atoms. The molecule has 0 saturated carbocycles. The average Bonchev–Trinajstić information content (AvgIpc) is 2.77. The number of nitrogens with zero attached hydrogens (tertiary/aromatic N) is 3. The Labute approximate surface area is 108 Å². The lowest BCUT2D eigenvalue weighted by atomic mass is 10.2. The number of halogens is 1. The van der Waals surface area contributed by atoms with E-state index < -0.39 is 0 Å². The zero-order valence-electron chi connectivity index (χ0n) is 9.43. The van der Waals surface area contributed by atoms with Crippen LogP contribution in [0.5, 0.6) is 5.75 Å². The molecule has 0 fully saturated rings. The Bertz CT molecular complexity index is 512. The third-order valence-electron chi connectivity index (χ3n) is 2.34. The highest BCUT2D eigenvalue weighted by molar-refractivity contribution is 9.10. The van der Waals surface area contributed by atoms with Gasteiger partial charge >= 0.3 is 0 Å². The molecular weight excluding hydrogens is 284 g/mol. The molecule has 6 heteroatoms. The molecule has 0 aliphatic rings. The maximum Gasteiger partial charge on any atom is 0.164 e. The Hall–Kier alpha value is -1.40. The van der Waals surface area contributed by atoms with Crippen LogP contribution in [-0.4, -0.2) is 21.9 Å². The van der Waals surface area contributed by atoms with Gasteiger partial charge in [0.2, 0.25) is 0 Å². The Balaban J connectivity index is 2.25. The summed E-state index contributed by atoms with van der Waals surface area (Å²) >= 11 is 3.44. The van der Waals surface area contributed by atoms with Crippen molar-refractivity contribution in [1.82, 2.24) is 14.8 Å². The smallest absolute Gasteiger partial charge is 0.164 e. The topological polar surface area (TPSA) is 66.0 Å². The van der Waals surface area contributed by atoms with E-state index in [-0.39, 0.29) is 0 Å². The van der Waals surface area contributed by atoms with E-state index in [0.717, 1.165) is 15.8 Å². The van der Waals surface area contributed by atoms with Crippen molar-refractivity contribution in [2.75, 3.05) is 7.11 Å². The van der Waals surface area contributed by atoms with Gasteiger partial charge in [-0.2, -0.15) is 5.10 Å². The lowest BCUT2D eigenvalue weighted by Gasteiger charge is -2.08. The quantitative estimate of drug-likeness (QED) is 0.930. The van der Waals surface area contributed by atoms with Crippen LogP contribution >= 0.6 is 15.9 Å². The highest BCUT2D eigenvalue weighted by Gasteiger charge is 2.06. The first-order valence-corrected chi connectivity index (χ1v) is 5.93. The number of nitrogens with two attached hydrogens (primary N) is 1. The fourth-order valence-electron chi connectivity index (χ4n) is 1.55. The highest BCUT2D eigenvalue weighted by atomic mass is 79.9. The molecule has 0 aliphatic heterocycles. The molecule has 0 amide bonds. The maximum absolute atomic E-state index is 5.47. The zero-order valence-corrected chi connectivity index (χ0v) is 11.0. The second-order valence-electron chi connectivity index (χ2n) is 3.52. The predicted molar refractivity (Wildman–Crippen MR) is 67.7 cm³/mol. The van der Waals surface area contributed by atoms with Gasteiger partial charge in [-0.05, 0) is 18.2 Å². The van der Waals surface area contributed by atoms with E-state index in [0.29, 0.717) is 18.9 Å². The van der Waals surface area contributed by atoms with E-state index in [1.165, 1.54) is 0 Å². The van der Waals surface area contributed by atoms with Crippen LogP contribution in [0.15, 0.2) is 29.0 Å². The molecule has 2 rings (SSSR count). The molecule has 2 aromatic rings. The van der Waals surface area contributed by atoms with Gasteiger partial charge in [-0.15, -0.1) is 0 Å². The first-order chi connectivity index (χ1) is 8.22. The highest BCUT2D eigenvalue weighted by Crippen LogP contribution is 2.23. The maximum atomic E-state index is 5.47. The predicted octanol–water partition coefficient (Wildman–Crippen LogP) is 1.56. The summed E-state index contributed by atoms with van der Waals surface area (Å²) in [6.45, 7) is 0.957. The second kappa shape index (κ2) is 5.29. The second-order valence-corrected chi connectivity index (χ2v) is 4.43. The molecule has 90 valence electrons. The minimum Gasteiger partial charge on any atom is -0.496 e. The first kappa shape index (κ1) is 12.1. The van der Waals surface area contributed by atoms with Crippen LogP contribution in [0.2, 0.25) is 0 Å². The molecule has 0 bridgehead atoms. The molecule has 0 atom stereocenters. The summed E-state index contributed by atoms with van der Waals surface area (Å²) in [5, 5.41) is 4.24. The summed E-state index contributed by atoms with van der Waals surface area (Å²) in [6.07, 6.45) is 1.67. The summed E-state index contributed by atoms with van der Waals surface area (Å²) < 4.78 is 8.05. The van der Waals surface area contributed by atoms with E-state index in [9.17, 15) is 0 Å². The number of methoxy groups -OCH3 is 1. The Morgan fingerprint density at radius 3 is 2.94 bits per heavy atom. The summed E-state index contributed by atoms with van der Waals surface area (Å²) in [5.74, 6) is 1.47. The third kappa shape index (κ3) is 2.83. The molecular formula is C11H13BrN4O. The van der Waals surface area contributed by atoms with Crippen molar-refractivity contribution in [3.05, 3.63) is 40.4 Å². The molecule has 1 heterocycles. The van der Waals surface area contributed by atoms with Gasteiger partial charge in [0.25, 0.3) is 0 Å². The third-order valence-corrected chi connectivity index (χ3v) is 2.83. The van der Waals surface area contributed by atoms with Gasteiger partial charge in [0.05, 0.1) is 20.2 Å². The minimum atomic E-state index is 0.350. The molecule has 0 aliphatic carbocycles. The fourth-order valence-corrected chi connectivity index (χ4v) is 1.96. The average molecular weight is 297 g/mol. The number of hydrogen-bond acceptors (Lipinski definition) is 4. The van der Waals surface area contributed by atoms with E-state index in [1.807, 2.05) is 18.2 Å². The van der Waals surface area contributed by atoms with Gasteiger partial charge in [0, 0.05) is 10.0 Å². The van der Waals surface area contributed by atoms with E-state index in [2.05, 4.69) is 26.0 Å². The van der Waals surface area contributed by atoms with Crippen molar-refractivity contribution in [3.63, 3.8) is 0 Å². The van der Waals surface area contributed by atoms with Crippen LogP contribution in [0, 0.1) is 0 Å². The lowest BCUT2D eigenvalue weighted by Crippen LogP contribution is -2.04. The number of hydrogen-bond donors (Lipinski definition) is 1. The van der Waals surface area contributed by atoms with Gasteiger partial charge in [0.15, 0.2) is 5.82 Å². The molecule has 5 nitrogen and oxygen atoms in total. The molecule has 1 aromatic heterocycles. The number of rotatable bonds is 4. The Morgan fingerprint density at radius 1 is 1.47 bits per heavy atom. The lowest BCUT2D eigenvalue weighted by molar-refractivity contribution is 0.407. The molecule has 0 unspecified atom stereocenters. The molecule has 0 radical (unpaired) electrons. The van der Waals surface area contributed by atoms with Crippen LogP contribution in [0.25, 0.3) is 0 Å². The van der Waals surface area contributed by atoms with Crippen molar-refractivity contribution in [2.24, 2.45) is 5.73 Å². The van der Waals surface area contributed by atoms with E-state index >= 15 is 0 Å². The van der Waals surface area contributed by atoms with Crippen LogP contribution in [0.1, 0.15) is 11.4 Å². The van der Waals surface area contributed by atoms with E-state index in [1.54, 1.807) is 18.1 Å². The number of aromatic nitrogens is 3. The zero-order chi connectivity index (χ0) is 12.3. The van der Waals surface area contributed by atoms with Crippen LogP contribution in [0.3, 0.4) is 0 Å². The summed E-state index contributed by atoms with van der Waals surface area (Å²) in [4.78, 5) is 4.08. The van der Waals surface area contributed by atoms with Crippen molar-refractivity contribution in [2.45, 2.75) is 13.1 Å². The standard InChI is InChI=1S/C11H13BrN4O/c1-17-10-3-2-9(12)4-8(10)6-16-7-14-11(5-13)15-16/h2-4,7H,5-6,13H2,1H3. The first-order valence-electron chi connectivity index (χ1n) is 5.13. The van der Waals surface area contributed by atoms with Crippen molar-refractivity contribution < 1.29 is 4.74 Å². The van der Waals surface area contributed by atoms with Crippen LogP contribution in [0.4, 0.5) is 0 Å². The van der Waals surface area contributed by atoms with Crippen LogP contribution in [-0.2, 0) is 13.1 Å². The van der Waals surface area contributed by atoms with Gasteiger partial charge in [-0.3, -0.25) is 0 Å². The number of benzene rings is 1.